The minimum Gasteiger partial charge on any atom is -0.384 e. The zero-order chi connectivity index (χ0) is 12.5. The summed E-state index contributed by atoms with van der Waals surface area (Å²) in [6, 6.07) is 0. The molecule has 1 aromatic heterocycles. The average molecular weight is 259 g/mol. The highest BCUT2D eigenvalue weighted by atomic mass is 35.5. The molecule has 1 aliphatic heterocycles. The van der Waals surface area contributed by atoms with Crippen molar-refractivity contribution in [1.29, 1.82) is 0 Å². The first kappa shape index (κ1) is 12.9. The van der Waals surface area contributed by atoms with Crippen LogP contribution in [-0.2, 0) is 11.3 Å². The van der Waals surface area contributed by atoms with E-state index in [1.54, 1.807) is 10.9 Å². The maximum Gasteiger partial charge on any atom is 0.126 e. The molecule has 2 heterocycles. The van der Waals surface area contributed by atoms with Gasteiger partial charge in [-0.05, 0) is 33.1 Å². The van der Waals surface area contributed by atoms with Crippen molar-refractivity contribution in [3.63, 3.8) is 0 Å². The van der Waals surface area contributed by atoms with Gasteiger partial charge in [-0.25, -0.2) is 0 Å². The van der Waals surface area contributed by atoms with E-state index < -0.39 is 11.7 Å². The summed E-state index contributed by atoms with van der Waals surface area (Å²) in [4.78, 5) is 0. The molecule has 96 valence electrons. The molecule has 2 atom stereocenters. The van der Waals surface area contributed by atoms with Crippen LogP contribution in [0.1, 0.15) is 44.9 Å². The largest absolute Gasteiger partial charge is 0.384 e. The quantitative estimate of drug-likeness (QED) is 0.906. The Morgan fingerprint density at radius 2 is 2.41 bits per heavy atom. The Morgan fingerprint density at radius 1 is 1.65 bits per heavy atom. The van der Waals surface area contributed by atoms with E-state index in [1.807, 2.05) is 13.8 Å². The Balaban J connectivity index is 2.28. The zero-order valence-electron chi connectivity index (χ0n) is 10.3. The van der Waals surface area contributed by atoms with E-state index in [0.29, 0.717) is 23.9 Å². The van der Waals surface area contributed by atoms with Crippen molar-refractivity contribution in [3.8, 4) is 0 Å². The summed E-state index contributed by atoms with van der Waals surface area (Å²) in [5, 5.41) is 15.2. The highest BCUT2D eigenvalue weighted by molar-refractivity contribution is 6.31. The molecular weight excluding hydrogens is 240 g/mol. The van der Waals surface area contributed by atoms with Crippen molar-refractivity contribution < 1.29 is 9.84 Å². The first-order valence-electron chi connectivity index (χ1n) is 6.11. The molecule has 0 amide bonds. The number of aryl methyl sites for hydroxylation is 1. The van der Waals surface area contributed by atoms with Crippen LogP contribution in [0.25, 0.3) is 0 Å². The fourth-order valence-electron chi connectivity index (χ4n) is 2.36. The summed E-state index contributed by atoms with van der Waals surface area (Å²) in [6.45, 7) is 5.31. The number of ether oxygens (including phenoxy) is 1. The van der Waals surface area contributed by atoms with Crippen LogP contribution in [0.15, 0.2) is 6.20 Å². The Kier molecular flexibility index (Phi) is 3.76. The van der Waals surface area contributed by atoms with Gasteiger partial charge >= 0.3 is 0 Å². The lowest BCUT2D eigenvalue weighted by molar-refractivity contribution is -0.140. The summed E-state index contributed by atoms with van der Waals surface area (Å²) in [6.07, 6.45) is 3.83. The average Bonchev–Trinajstić information content (AvgIpc) is 2.70. The Morgan fingerprint density at radius 3 is 3.00 bits per heavy atom. The molecule has 1 saturated heterocycles. The van der Waals surface area contributed by atoms with E-state index in [4.69, 9.17) is 16.3 Å². The normalized spacial score (nSPS) is 27.1. The van der Waals surface area contributed by atoms with Gasteiger partial charge in [0.1, 0.15) is 6.10 Å². The first-order valence-corrected chi connectivity index (χ1v) is 6.49. The van der Waals surface area contributed by atoms with Gasteiger partial charge in [0.05, 0.1) is 22.5 Å². The third-order valence-electron chi connectivity index (χ3n) is 3.47. The third kappa shape index (κ3) is 2.34. The van der Waals surface area contributed by atoms with Crippen LogP contribution in [0.3, 0.4) is 0 Å². The Hall–Kier alpha value is -0.580. The summed E-state index contributed by atoms with van der Waals surface area (Å²) in [7, 11) is 0. The minimum absolute atomic E-state index is 0.509. The van der Waals surface area contributed by atoms with Crippen LogP contribution in [0, 0.1) is 0 Å². The van der Waals surface area contributed by atoms with Crippen molar-refractivity contribution in [1.82, 2.24) is 9.78 Å². The highest BCUT2D eigenvalue weighted by Gasteiger charge is 2.39. The fraction of sp³-hybridized carbons (Fsp3) is 0.750. The molecule has 0 aromatic carbocycles. The molecule has 1 aromatic rings. The van der Waals surface area contributed by atoms with Crippen LogP contribution >= 0.6 is 11.6 Å². The molecule has 17 heavy (non-hydrogen) atoms. The standard InChI is InChI=1S/C12H19ClN2O2/c1-3-15-10(9(13)8-14-15)11(16)12(2)6-4-5-7-17-12/h8,11,16H,3-7H2,1-2H3. The molecule has 0 bridgehead atoms. The fourth-order valence-corrected chi connectivity index (χ4v) is 2.60. The predicted molar refractivity (Wildman–Crippen MR) is 66.1 cm³/mol. The van der Waals surface area contributed by atoms with E-state index >= 15 is 0 Å². The zero-order valence-corrected chi connectivity index (χ0v) is 11.1. The number of aliphatic hydroxyl groups is 1. The van der Waals surface area contributed by atoms with Gasteiger partial charge in [-0.2, -0.15) is 5.10 Å². The van der Waals surface area contributed by atoms with Crippen molar-refractivity contribution in [3.05, 3.63) is 16.9 Å². The number of hydrogen-bond donors (Lipinski definition) is 1. The Bertz CT molecular complexity index is 386. The third-order valence-corrected chi connectivity index (χ3v) is 3.76. The van der Waals surface area contributed by atoms with Crippen molar-refractivity contribution in [2.75, 3.05) is 6.61 Å². The van der Waals surface area contributed by atoms with Gasteiger partial charge in [-0.1, -0.05) is 11.6 Å². The van der Waals surface area contributed by atoms with Gasteiger partial charge in [0, 0.05) is 13.2 Å². The molecule has 0 aliphatic carbocycles. The highest BCUT2D eigenvalue weighted by Crippen LogP contribution is 2.38. The molecule has 1 N–H and O–H groups in total. The smallest absolute Gasteiger partial charge is 0.126 e. The number of aromatic nitrogens is 2. The SMILES string of the molecule is CCn1ncc(Cl)c1C(O)C1(C)CCCCO1. The maximum atomic E-state index is 10.5. The van der Waals surface area contributed by atoms with Gasteiger partial charge in [0.25, 0.3) is 0 Å². The van der Waals surface area contributed by atoms with Crippen LogP contribution < -0.4 is 0 Å². The lowest BCUT2D eigenvalue weighted by Gasteiger charge is -2.38. The molecule has 2 unspecified atom stereocenters. The molecule has 0 radical (unpaired) electrons. The lowest BCUT2D eigenvalue weighted by atomic mass is 9.88. The molecular formula is C12H19ClN2O2. The summed E-state index contributed by atoms with van der Waals surface area (Å²) in [5.74, 6) is 0. The molecule has 0 saturated carbocycles. The van der Waals surface area contributed by atoms with Crippen LogP contribution in [-0.4, -0.2) is 27.1 Å². The molecule has 1 aliphatic rings. The second-order valence-corrected chi connectivity index (χ2v) is 5.12. The number of hydrogen-bond acceptors (Lipinski definition) is 3. The van der Waals surface area contributed by atoms with Gasteiger partial charge < -0.3 is 9.84 Å². The van der Waals surface area contributed by atoms with E-state index in [2.05, 4.69) is 5.10 Å². The van der Waals surface area contributed by atoms with Crippen LogP contribution in [0.4, 0.5) is 0 Å². The molecule has 2 rings (SSSR count). The molecule has 0 spiro atoms. The Labute approximate surface area is 107 Å². The minimum atomic E-state index is -0.724. The van der Waals surface area contributed by atoms with E-state index in [-0.39, 0.29) is 0 Å². The van der Waals surface area contributed by atoms with Crippen molar-refractivity contribution >= 4 is 11.6 Å². The number of rotatable bonds is 3. The maximum absolute atomic E-state index is 10.5. The molecule has 4 nitrogen and oxygen atoms in total. The van der Waals surface area contributed by atoms with Crippen LogP contribution in [0.5, 0.6) is 0 Å². The van der Waals surface area contributed by atoms with Gasteiger partial charge in [-0.3, -0.25) is 4.68 Å². The molecule has 1 fully saturated rings. The summed E-state index contributed by atoms with van der Waals surface area (Å²) >= 11 is 6.10. The van der Waals surface area contributed by atoms with E-state index in [0.717, 1.165) is 19.3 Å². The van der Waals surface area contributed by atoms with Crippen LogP contribution in [0.2, 0.25) is 5.02 Å². The van der Waals surface area contributed by atoms with E-state index in [1.165, 1.54) is 0 Å². The van der Waals surface area contributed by atoms with Gasteiger partial charge in [-0.15, -0.1) is 0 Å². The van der Waals surface area contributed by atoms with Gasteiger partial charge in [0.2, 0.25) is 0 Å². The van der Waals surface area contributed by atoms with Crippen molar-refractivity contribution in [2.45, 2.75) is 51.4 Å². The van der Waals surface area contributed by atoms with Gasteiger partial charge in [0.15, 0.2) is 0 Å². The monoisotopic (exact) mass is 258 g/mol. The number of aliphatic hydroxyl groups excluding tert-OH is 1. The summed E-state index contributed by atoms with van der Waals surface area (Å²) in [5.41, 5.74) is 0.119. The second-order valence-electron chi connectivity index (χ2n) is 4.71. The second kappa shape index (κ2) is 4.96. The number of nitrogens with zero attached hydrogens (tertiary/aromatic N) is 2. The number of halogens is 1. The van der Waals surface area contributed by atoms with E-state index in [9.17, 15) is 5.11 Å². The molecule has 5 heteroatoms. The summed E-state index contributed by atoms with van der Waals surface area (Å²) < 4.78 is 7.49. The predicted octanol–water partition coefficient (Wildman–Crippen LogP) is 2.55. The van der Waals surface area contributed by atoms with Crippen molar-refractivity contribution in [2.24, 2.45) is 0 Å². The first-order chi connectivity index (χ1) is 8.08. The lowest BCUT2D eigenvalue weighted by Crippen LogP contribution is -2.40. The topological polar surface area (TPSA) is 47.3 Å².